The predicted octanol–water partition coefficient (Wildman–Crippen LogP) is 2.52. The minimum atomic E-state index is 0.141. The number of anilines is 1. The van der Waals surface area contributed by atoms with Gasteiger partial charge in [-0.15, -0.1) is 0 Å². The van der Waals surface area contributed by atoms with Crippen molar-refractivity contribution in [3.63, 3.8) is 0 Å². The number of carbonyl (C=O) groups excluding carboxylic acids is 1. The summed E-state index contributed by atoms with van der Waals surface area (Å²) >= 11 is 0. The summed E-state index contributed by atoms with van der Waals surface area (Å²) in [7, 11) is 0. The summed E-state index contributed by atoms with van der Waals surface area (Å²) in [6.07, 6.45) is 1.63. The van der Waals surface area contributed by atoms with Crippen molar-refractivity contribution in [2.24, 2.45) is 5.92 Å². The van der Waals surface area contributed by atoms with Gasteiger partial charge in [0.1, 0.15) is 0 Å². The molecule has 1 aliphatic heterocycles. The first-order chi connectivity index (χ1) is 6.65. The minimum absolute atomic E-state index is 0.141. The molecule has 1 amide bonds. The highest BCUT2D eigenvalue weighted by molar-refractivity contribution is 5.92. The van der Waals surface area contributed by atoms with Crippen LogP contribution in [-0.2, 0) is 11.2 Å². The molecule has 2 heteroatoms. The van der Waals surface area contributed by atoms with Crippen LogP contribution in [0.1, 0.15) is 24.5 Å². The fourth-order valence-electron chi connectivity index (χ4n) is 1.95. The topological polar surface area (TPSA) is 29.1 Å². The lowest BCUT2D eigenvalue weighted by Gasteiger charge is -2.07. The quantitative estimate of drug-likeness (QED) is 0.667. The zero-order valence-corrected chi connectivity index (χ0v) is 8.63. The van der Waals surface area contributed by atoms with Gasteiger partial charge in [0.25, 0.3) is 0 Å². The first-order valence-corrected chi connectivity index (χ1v) is 5.04. The standard InChI is InChI=1S/C12H15NO/c1-8-3-4-10-5-9(2)7-12(14)13-11(10)6-8/h3-4,6,9H,5,7H2,1-2H3,(H,13,14). The number of fused-ring (bicyclic) bond motifs is 1. The van der Waals surface area contributed by atoms with E-state index >= 15 is 0 Å². The minimum Gasteiger partial charge on any atom is -0.326 e. The summed E-state index contributed by atoms with van der Waals surface area (Å²) in [4.78, 5) is 11.5. The van der Waals surface area contributed by atoms with Crippen molar-refractivity contribution in [3.05, 3.63) is 29.3 Å². The maximum Gasteiger partial charge on any atom is 0.224 e. The molecule has 0 aromatic heterocycles. The second kappa shape index (κ2) is 3.45. The Morgan fingerprint density at radius 2 is 2.14 bits per heavy atom. The van der Waals surface area contributed by atoms with Crippen molar-refractivity contribution >= 4 is 11.6 Å². The molecule has 1 unspecified atom stereocenters. The average molecular weight is 189 g/mol. The molecular formula is C12H15NO. The number of rotatable bonds is 0. The van der Waals surface area contributed by atoms with E-state index in [4.69, 9.17) is 0 Å². The van der Waals surface area contributed by atoms with Crippen LogP contribution in [0.3, 0.4) is 0 Å². The third kappa shape index (κ3) is 1.79. The van der Waals surface area contributed by atoms with E-state index in [1.807, 2.05) is 13.0 Å². The molecule has 0 spiro atoms. The van der Waals surface area contributed by atoms with Gasteiger partial charge >= 0.3 is 0 Å². The van der Waals surface area contributed by atoms with Crippen LogP contribution in [0.4, 0.5) is 5.69 Å². The number of benzene rings is 1. The second-order valence-electron chi connectivity index (χ2n) is 4.22. The fraction of sp³-hybridized carbons (Fsp3) is 0.417. The molecule has 0 fully saturated rings. The van der Waals surface area contributed by atoms with Crippen LogP contribution in [0.5, 0.6) is 0 Å². The average Bonchev–Trinajstić information content (AvgIpc) is 2.21. The molecule has 0 saturated heterocycles. The first kappa shape index (κ1) is 9.25. The number of carbonyl (C=O) groups is 1. The molecule has 1 aliphatic rings. The highest BCUT2D eigenvalue weighted by Gasteiger charge is 2.17. The Bertz CT molecular complexity index is 371. The predicted molar refractivity (Wildman–Crippen MR) is 57.3 cm³/mol. The SMILES string of the molecule is Cc1ccc2c(c1)NC(=O)CC(C)C2. The van der Waals surface area contributed by atoms with E-state index in [1.165, 1.54) is 11.1 Å². The Morgan fingerprint density at radius 1 is 1.36 bits per heavy atom. The fourth-order valence-corrected chi connectivity index (χ4v) is 1.95. The third-order valence-corrected chi connectivity index (χ3v) is 2.64. The molecule has 0 saturated carbocycles. The second-order valence-corrected chi connectivity index (χ2v) is 4.22. The molecule has 2 rings (SSSR count). The Hall–Kier alpha value is -1.31. The summed E-state index contributed by atoms with van der Waals surface area (Å²) < 4.78 is 0. The summed E-state index contributed by atoms with van der Waals surface area (Å²) in [5.74, 6) is 0.584. The zero-order chi connectivity index (χ0) is 10.1. The molecule has 1 N–H and O–H groups in total. The van der Waals surface area contributed by atoms with Gasteiger partial charge in [-0.1, -0.05) is 19.1 Å². The van der Waals surface area contributed by atoms with Crippen LogP contribution in [0.15, 0.2) is 18.2 Å². The Kier molecular flexibility index (Phi) is 2.28. The molecule has 0 aliphatic carbocycles. The molecule has 1 aromatic rings. The molecule has 1 aromatic carbocycles. The molecule has 1 heterocycles. The lowest BCUT2D eigenvalue weighted by molar-refractivity contribution is -0.116. The van der Waals surface area contributed by atoms with E-state index in [2.05, 4.69) is 24.4 Å². The van der Waals surface area contributed by atoms with Crippen molar-refractivity contribution in [2.45, 2.75) is 26.7 Å². The van der Waals surface area contributed by atoms with Gasteiger partial charge in [0.05, 0.1) is 0 Å². The van der Waals surface area contributed by atoms with Crippen LogP contribution in [-0.4, -0.2) is 5.91 Å². The molecule has 0 radical (unpaired) electrons. The highest BCUT2D eigenvalue weighted by Crippen LogP contribution is 2.25. The Morgan fingerprint density at radius 3 is 2.93 bits per heavy atom. The monoisotopic (exact) mass is 189 g/mol. The van der Waals surface area contributed by atoms with Gasteiger partial charge in [0.2, 0.25) is 5.91 Å². The number of amides is 1. The molecular weight excluding hydrogens is 174 g/mol. The van der Waals surface area contributed by atoms with Crippen molar-refractivity contribution < 1.29 is 4.79 Å². The van der Waals surface area contributed by atoms with Crippen molar-refractivity contribution in [3.8, 4) is 0 Å². The number of nitrogens with one attached hydrogen (secondary N) is 1. The largest absolute Gasteiger partial charge is 0.326 e. The Labute approximate surface area is 84.3 Å². The third-order valence-electron chi connectivity index (χ3n) is 2.64. The van der Waals surface area contributed by atoms with Crippen molar-refractivity contribution in [1.82, 2.24) is 0 Å². The maximum absolute atomic E-state index is 11.5. The Balaban J connectivity index is 2.41. The molecule has 0 bridgehead atoms. The highest BCUT2D eigenvalue weighted by atomic mass is 16.1. The summed E-state index contributed by atoms with van der Waals surface area (Å²) in [6.45, 7) is 4.16. The molecule has 2 nitrogen and oxygen atoms in total. The van der Waals surface area contributed by atoms with E-state index in [0.29, 0.717) is 12.3 Å². The van der Waals surface area contributed by atoms with Crippen LogP contribution in [0.2, 0.25) is 0 Å². The molecule has 14 heavy (non-hydrogen) atoms. The molecule has 1 atom stereocenters. The lowest BCUT2D eigenvalue weighted by atomic mass is 9.98. The van der Waals surface area contributed by atoms with Crippen LogP contribution < -0.4 is 5.32 Å². The first-order valence-electron chi connectivity index (χ1n) is 5.04. The van der Waals surface area contributed by atoms with Crippen LogP contribution >= 0.6 is 0 Å². The van der Waals surface area contributed by atoms with E-state index in [0.717, 1.165) is 12.1 Å². The van der Waals surface area contributed by atoms with Crippen molar-refractivity contribution in [2.75, 3.05) is 5.32 Å². The van der Waals surface area contributed by atoms with Gasteiger partial charge in [0.15, 0.2) is 0 Å². The van der Waals surface area contributed by atoms with E-state index in [1.54, 1.807) is 0 Å². The summed E-state index contributed by atoms with van der Waals surface area (Å²) in [5.41, 5.74) is 3.45. The smallest absolute Gasteiger partial charge is 0.224 e. The summed E-state index contributed by atoms with van der Waals surface area (Å²) in [6, 6.07) is 6.26. The van der Waals surface area contributed by atoms with Crippen LogP contribution in [0.25, 0.3) is 0 Å². The lowest BCUT2D eigenvalue weighted by Crippen LogP contribution is -2.11. The normalized spacial score (nSPS) is 21.0. The van der Waals surface area contributed by atoms with Crippen molar-refractivity contribution in [1.29, 1.82) is 0 Å². The van der Waals surface area contributed by atoms with Gasteiger partial charge in [-0.2, -0.15) is 0 Å². The molecule has 74 valence electrons. The van der Waals surface area contributed by atoms with Gasteiger partial charge in [-0.05, 0) is 36.5 Å². The van der Waals surface area contributed by atoms with Gasteiger partial charge in [0, 0.05) is 12.1 Å². The van der Waals surface area contributed by atoms with E-state index < -0.39 is 0 Å². The number of aryl methyl sites for hydroxylation is 1. The van der Waals surface area contributed by atoms with Crippen LogP contribution in [0, 0.1) is 12.8 Å². The van der Waals surface area contributed by atoms with Gasteiger partial charge < -0.3 is 5.32 Å². The zero-order valence-electron chi connectivity index (χ0n) is 8.63. The number of hydrogen-bond acceptors (Lipinski definition) is 1. The van der Waals surface area contributed by atoms with Gasteiger partial charge in [-0.3, -0.25) is 4.79 Å². The van der Waals surface area contributed by atoms with E-state index in [-0.39, 0.29) is 5.91 Å². The number of hydrogen-bond donors (Lipinski definition) is 1. The summed E-state index contributed by atoms with van der Waals surface area (Å²) in [5, 5.41) is 2.95. The maximum atomic E-state index is 11.5. The van der Waals surface area contributed by atoms with Gasteiger partial charge in [-0.25, -0.2) is 0 Å². The van der Waals surface area contributed by atoms with E-state index in [9.17, 15) is 4.79 Å².